The number of aromatic nitrogens is 3. The summed E-state index contributed by atoms with van der Waals surface area (Å²) in [6.07, 6.45) is 4.09. The first-order valence-corrected chi connectivity index (χ1v) is 7.62. The van der Waals surface area contributed by atoms with Gasteiger partial charge in [-0.15, -0.1) is 10.2 Å². The molecule has 0 radical (unpaired) electrons. The van der Waals surface area contributed by atoms with Crippen LogP contribution in [0.3, 0.4) is 0 Å². The normalized spacial score (nSPS) is 16.8. The number of aliphatic hydroxyl groups is 1. The van der Waals surface area contributed by atoms with Crippen LogP contribution in [-0.4, -0.2) is 39.3 Å². The molecule has 1 aromatic heterocycles. The molecule has 0 aliphatic heterocycles. The van der Waals surface area contributed by atoms with Gasteiger partial charge < -0.3 is 10.4 Å². The summed E-state index contributed by atoms with van der Waals surface area (Å²) in [5.41, 5.74) is 2.21. The van der Waals surface area contributed by atoms with Gasteiger partial charge in [-0.05, 0) is 37.5 Å². The van der Waals surface area contributed by atoms with Crippen molar-refractivity contribution in [3.8, 4) is 0 Å². The standard InChI is InChI=1S/C16H20N4O2/c1-11-4-5-12-13(8-11)18-14(20-19-12)15(22)17-9-16(10-21)6-2-3-7-16/h4-5,8,21H,2-3,6-7,9-10H2,1H3,(H,17,22). The quantitative estimate of drug-likeness (QED) is 0.895. The van der Waals surface area contributed by atoms with Gasteiger partial charge in [0.1, 0.15) is 5.52 Å². The number of hydrogen-bond donors (Lipinski definition) is 2. The highest BCUT2D eigenvalue weighted by Gasteiger charge is 2.33. The van der Waals surface area contributed by atoms with Gasteiger partial charge in [0.15, 0.2) is 0 Å². The molecule has 2 N–H and O–H groups in total. The van der Waals surface area contributed by atoms with Gasteiger partial charge in [-0.2, -0.15) is 0 Å². The highest BCUT2D eigenvalue weighted by molar-refractivity contribution is 5.91. The van der Waals surface area contributed by atoms with Crippen molar-refractivity contribution in [3.05, 3.63) is 29.6 Å². The summed E-state index contributed by atoms with van der Waals surface area (Å²) in [5.74, 6) is -0.264. The molecule has 116 valence electrons. The summed E-state index contributed by atoms with van der Waals surface area (Å²) in [6.45, 7) is 2.52. The van der Waals surface area contributed by atoms with Crippen molar-refractivity contribution >= 4 is 16.9 Å². The second-order valence-electron chi connectivity index (χ2n) is 6.18. The highest BCUT2D eigenvalue weighted by Crippen LogP contribution is 2.36. The molecule has 0 unspecified atom stereocenters. The zero-order valence-electron chi connectivity index (χ0n) is 12.7. The zero-order valence-corrected chi connectivity index (χ0v) is 12.7. The Labute approximate surface area is 129 Å². The average Bonchev–Trinajstić information content (AvgIpc) is 3.01. The third-order valence-corrected chi connectivity index (χ3v) is 4.44. The van der Waals surface area contributed by atoms with Crippen LogP contribution in [0.1, 0.15) is 41.9 Å². The van der Waals surface area contributed by atoms with Crippen LogP contribution in [0.2, 0.25) is 0 Å². The maximum atomic E-state index is 12.2. The molecule has 1 saturated carbocycles. The number of nitrogens with one attached hydrogen (secondary N) is 1. The SMILES string of the molecule is Cc1ccc2nnc(C(=O)NCC3(CO)CCCC3)nc2c1. The molecule has 3 rings (SSSR count). The molecule has 0 saturated heterocycles. The van der Waals surface area contributed by atoms with E-state index in [0.717, 1.165) is 31.2 Å². The zero-order chi connectivity index (χ0) is 15.6. The maximum absolute atomic E-state index is 12.2. The molecule has 1 amide bonds. The van der Waals surface area contributed by atoms with E-state index >= 15 is 0 Å². The first-order valence-electron chi connectivity index (χ1n) is 7.62. The van der Waals surface area contributed by atoms with Crippen molar-refractivity contribution in [1.29, 1.82) is 0 Å². The predicted octanol–water partition coefficient (Wildman–Crippen LogP) is 1.62. The summed E-state index contributed by atoms with van der Waals surface area (Å²) < 4.78 is 0. The summed E-state index contributed by atoms with van der Waals surface area (Å²) in [7, 11) is 0. The number of aryl methyl sites for hydroxylation is 1. The third kappa shape index (κ3) is 2.92. The number of rotatable bonds is 4. The van der Waals surface area contributed by atoms with Crippen LogP contribution in [0.25, 0.3) is 11.0 Å². The minimum Gasteiger partial charge on any atom is -0.396 e. The molecule has 22 heavy (non-hydrogen) atoms. The van der Waals surface area contributed by atoms with Crippen molar-refractivity contribution in [2.45, 2.75) is 32.6 Å². The minimum atomic E-state index is -0.337. The summed E-state index contributed by atoms with van der Waals surface area (Å²) in [5, 5.41) is 20.4. The van der Waals surface area contributed by atoms with Crippen LogP contribution in [0.4, 0.5) is 0 Å². The molecule has 0 atom stereocenters. The number of carbonyl (C=O) groups excluding carboxylic acids is 1. The number of hydrogen-bond acceptors (Lipinski definition) is 5. The van der Waals surface area contributed by atoms with Crippen molar-refractivity contribution in [3.63, 3.8) is 0 Å². The highest BCUT2D eigenvalue weighted by atomic mass is 16.3. The summed E-state index contributed by atoms with van der Waals surface area (Å²) >= 11 is 0. The molecular formula is C16H20N4O2. The molecular weight excluding hydrogens is 280 g/mol. The Morgan fingerprint density at radius 2 is 2.05 bits per heavy atom. The van der Waals surface area contributed by atoms with E-state index in [-0.39, 0.29) is 23.8 Å². The topological polar surface area (TPSA) is 88.0 Å². The van der Waals surface area contributed by atoms with Crippen molar-refractivity contribution in [2.75, 3.05) is 13.2 Å². The van der Waals surface area contributed by atoms with Gasteiger partial charge in [0.2, 0.25) is 5.82 Å². The fourth-order valence-electron chi connectivity index (χ4n) is 3.00. The number of benzene rings is 1. The van der Waals surface area contributed by atoms with Gasteiger partial charge in [0.25, 0.3) is 5.91 Å². The van der Waals surface area contributed by atoms with E-state index < -0.39 is 0 Å². The second kappa shape index (κ2) is 5.96. The van der Waals surface area contributed by atoms with Gasteiger partial charge in [-0.25, -0.2) is 4.98 Å². The van der Waals surface area contributed by atoms with Crippen LogP contribution in [0, 0.1) is 12.3 Å². The third-order valence-electron chi connectivity index (χ3n) is 4.44. The Kier molecular flexibility index (Phi) is 4.02. The molecule has 1 aromatic carbocycles. The fraction of sp³-hybridized carbons (Fsp3) is 0.500. The number of carbonyl (C=O) groups is 1. The van der Waals surface area contributed by atoms with E-state index in [4.69, 9.17) is 0 Å². The minimum absolute atomic E-state index is 0.0733. The van der Waals surface area contributed by atoms with Crippen LogP contribution >= 0.6 is 0 Å². The molecule has 1 aliphatic carbocycles. The molecule has 2 aromatic rings. The van der Waals surface area contributed by atoms with E-state index in [0.29, 0.717) is 17.6 Å². The Bertz CT molecular complexity index is 696. The van der Waals surface area contributed by atoms with Crippen molar-refractivity contribution in [1.82, 2.24) is 20.5 Å². The van der Waals surface area contributed by atoms with Gasteiger partial charge in [-0.1, -0.05) is 18.9 Å². The van der Waals surface area contributed by atoms with Gasteiger partial charge in [0, 0.05) is 12.0 Å². The van der Waals surface area contributed by atoms with E-state index in [9.17, 15) is 9.90 Å². The van der Waals surface area contributed by atoms with Crippen molar-refractivity contribution in [2.24, 2.45) is 5.41 Å². The van der Waals surface area contributed by atoms with Crippen LogP contribution in [0.15, 0.2) is 18.2 Å². The Morgan fingerprint density at radius 1 is 1.27 bits per heavy atom. The monoisotopic (exact) mass is 300 g/mol. The number of amides is 1. The lowest BCUT2D eigenvalue weighted by molar-refractivity contribution is 0.0870. The maximum Gasteiger partial charge on any atom is 0.291 e. The van der Waals surface area contributed by atoms with Crippen LogP contribution < -0.4 is 5.32 Å². The van der Waals surface area contributed by atoms with Crippen molar-refractivity contribution < 1.29 is 9.90 Å². The lowest BCUT2D eigenvalue weighted by Gasteiger charge is -2.26. The smallest absolute Gasteiger partial charge is 0.291 e. The predicted molar refractivity (Wildman–Crippen MR) is 82.4 cm³/mol. The average molecular weight is 300 g/mol. The molecule has 0 bridgehead atoms. The summed E-state index contributed by atoms with van der Waals surface area (Å²) in [6, 6.07) is 5.65. The molecule has 1 heterocycles. The lowest BCUT2D eigenvalue weighted by atomic mass is 9.87. The van der Waals surface area contributed by atoms with Gasteiger partial charge in [0.05, 0.1) is 12.1 Å². The first kappa shape index (κ1) is 14.8. The van der Waals surface area contributed by atoms with Crippen LogP contribution in [-0.2, 0) is 0 Å². The molecule has 6 nitrogen and oxygen atoms in total. The Balaban J connectivity index is 1.74. The lowest BCUT2D eigenvalue weighted by Crippen LogP contribution is -2.39. The second-order valence-corrected chi connectivity index (χ2v) is 6.18. The molecule has 0 spiro atoms. The number of aliphatic hydroxyl groups excluding tert-OH is 1. The van der Waals surface area contributed by atoms with E-state index in [1.165, 1.54) is 0 Å². The molecule has 1 aliphatic rings. The van der Waals surface area contributed by atoms with Gasteiger partial charge in [-0.3, -0.25) is 4.79 Å². The molecule has 6 heteroatoms. The largest absolute Gasteiger partial charge is 0.396 e. The van der Waals surface area contributed by atoms with Crippen LogP contribution in [0.5, 0.6) is 0 Å². The van der Waals surface area contributed by atoms with E-state index in [2.05, 4.69) is 20.5 Å². The van der Waals surface area contributed by atoms with Gasteiger partial charge >= 0.3 is 0 Å². The summed E-state index contributed by atoms with van der Waals surface area (Å²) in [4.78, 5) is 16.5. The fourth-order valence-corrected chi connectivity index (χ4v) is 3.00. The Morgan fingerprint density at radius 3 is 2.77 bits per heavy atom. The first-order chi connectivity index (χ1) is 10.6. The Hall–Kier alpha value is -2.08. The number of fused-ring (bicyclic) bond motifs is 1. The van der Waals surface area contributed by atoms with E-state index in [1.54, 1.807) is 0 Å². The number of nitrogens with zero attached hydrogens (tertiary/aromatic N) is 3. The van der Waals surface area contributed by atoms with E-state index in [1.807, 2.05) is 25.1 Å². The molecule has 1 fully saturated rings.